The van der Waals surface area contributed by atoms with Crippen molar-refractivity contribution in [1.29, 1.82) is 0 Å². The highest BCUT2D eigenvalue weighted by atomic mass is 35.5. The molecular weight excluding hydrogens is 273 g/mol. The number of halogens is 2. The Labute approximate surface area is 115 Å². The van der Waals surface area contributed by atoms with Crippen LogP contribution in [-0.2, 0) is 20.7 Å². The van der Waals surface area contributed by atoms with Crippen LogP contribution in [0.15, 0.2) is 18.2 Å². The first-order valence-corrected chi connectivity index (χ1v) is 6.18. The Morgan fingerprint density at radius 2 is 2.11 bits per heavy atom. The van der Waals surface area contributed by atoms with Gasteiger partial charge in [-0.3, -0.25) is 9.59 Å². The number of hydrogen-bond donors (Lipinski definition) is 1. The first kappa shape index (κ1) is 15.4. The van der Waals surface area contributed by atoms with Gasteiger partial charge in [0.05, 0.1) is 13.5 Å². The highest BCUT2D eigenvalue weighted by Crippen LogP contribution is 2.14. The van der Waals surface area contributed by atoms with Crippen LogP contribution in [0.25, 0.3) is 0 Å². The first-order valence-electron chi connectivity index (χ1n) is 5.80. The van der Waals surface area contributed by atoms with Gasteiger partial charge in [0.1, 0.15) is 5.82 Å². The van der Waals surface area contributed by atoms with Crippen LogP contribution >= 0.6 is 11.6 Å². The molecular formula is C13H15ClFNO3. The number of benzene rings is 1. The van der Waals surface area contributed by atoms with Gasteiger partial charge in [-0.1, -0.05) is 11.6 Å². The number of amides is 1. The van der Waals surface area contributed by atoms with Crippen molar-refractivity contribution in [3.8, 4) is 0 Å². The van der Waals surface area contributed by atoms with Crippen LogP contribution in [0.5, 0.6) is 0 Å². The van der Waals surface area contributed by atoms with Crippen LogP contribution in [0.3, 0.4) is 0 Å². The molecule has 0 saturated carbocycles. The zero-order chi connectivity index (χ0) is 14.3. The normalized spacial score (nSPS) is 10.1. The quantitative estimate of drug-likeness (QED) is 0.815. The van der Waals surface area contributed by atoms with Gasteiger partial charge in [0.2, 0.25) is 5.91 Å². The van der Waals surface area contributed by atoms with Crippen LogP contribution in [0.4, 0.5) is 4.39 Å². The van der Waals surface area contributed by atoms with Crippen molar-refractivity contribution in [2.45, 2.75) is 19.3 Å². The molecule has 0 saturated heterocycles. The van der Waals surface area contributed by atoms with E-state index in [1.165, 1.54) is 25.3 Å². The lowest BCUT2D eigenvalue weighted by Crippen LogP contribution is -2.26. The Bertz CT molecular complexity index is 465. The molecule has 6 heteroatoms. The highest BCUT2D eigenvalue weighted by Gasteiger charge is 2.07. The topological polar surface area (TPSA) is 55.4 Å². The molecule has 1 N–H and O–H groups in total. The van der Waals surface area contributed by atoms with Gasteiger partial charge < -0.3 is 10.1 Å². The van der Waals surface area contributed by atoms with Crippen molar-refractivity contribution >= 4 is 23.5 Å². The van der Waals surface area contributed by atoms with Crippen LogP contribution < -0.4 is 5.32 Å². The summed E-state index contributed by atoms with van der Waals surface area (Å²) in [5.74, 6) is -1.06. The molecule has 19 heavy (non-hydrogen) atoms. The summed E-state index contributed by atoms with van der Waals surface area (Å²) < 4.78 is 17.8. The number of methoxy groups -OCH3 is 1. The van der Waals surface area contributed by atoms with Crippen LogP contribution in [0.2, 0.25) is 5.02 Å². The number of hydrogen-bond acceptors (Lipinski definition) is 3. The Kier molecular flexibility index (Phi) is 6.29. The van der Waals surface area contributed by atoms with E-state index >= 15 is 0 Å². The summed E-state index contributed by atoms with van der Waals surface area (Å²) in [6, 6.07) is 4.28. The van der Waals surface area contributed by atoms with E-state index < -0.39 is 5.97 Å². The molecule has 0 unspecified atom stereocenters. The molecule has 104 valence electrons. The van der Waals surface area contributed by atoms with Gasteiger partial charge in [-0.15, -0.1) is 0 Å². The lowest BCUT2D eigenvalue weighted by molar-refractivity contribution is -0.142. The van der Waals surface area contributed by atoms with Gasteiger partial charge in [-0.25, -0.2) is 4.39 Å². The SMILES string of the molecule is COC(=O)CCC(=O)NCCc1cc(Cl)ccc1F. The average molecular weight is 288 g/mol. The van der Waals surface area contributed by atoms with E-state index in [9.17, 15) is 14.0 Å². The van der Waals surface area contributed by atoms with Crippen molar-refractivity contribution < 1.29 is 18.7 Å². The molecule has 0 spiro atoms. The molecule has 4 nitrogen and oxygen atoms in total. The molecule has 1 rings (SSSR count). The van der Waals surface area contributed by atoms with Crippen molar-refractivity contribution in [2.75, 3.05) is 13.7 Å². The number of esters is 1. The molecule has 0 atom stereocenters. The molecule has 0 aliphatic carbocycles. The monoisotopic (exact) mass is 287 g/mol. The second-order valence-corrected chi connectivity index (χ2v) is 4.35. The number of nitrogens with one attached hydrogen (secondary N) is 1. The largest absolute Gasteiger partial charge is 0.469 e. The Morgan fingerprint density at radius 3 is 2.79 bits per heavy atom. The average Bonchev–Trinajstić information content (AvgIpc) is 2.40. The number of carbonyl (C=O) groups is 2. The number of rotatable bonds is 6. The summed E-state index contributed by atoms with van der Waals surface area (Å²) >= 11 is 5.75. The first-order chi connectivity index (χ1) is 9.02. The van der Waals surface area contributed by atoms with E-state index in [-0.39, 0.29) is 31.1 Å². The molecule has 0 fully saturated rings. The maximum Gasteiger partial charge on any atom is 0.306 e. The molecule has 1 amide bonds. The lowest BCUT2D eigenvalue weighted by atomic mass is 10.1. The Hall–Kier alpha value is -1.62. The molecule has 0 bridgehead atoms. The third kappa shape index (κ3) is 5.70. The summed E-state index contributed by atoms with van der Waals surface area (Å²) in [7, 11) is 1.27. The van der Waals surface area contributed by atoms with Crippen molar-refractivity contribution in [3.05, 3.63) is 34.6 Å². The summed E-state index contributed by atoms with van der Waals surface area (Å²) in [4.78, 5) is 22.2. The second kappa shape index (κ2) is 7.74. The summed E-state index contributed by atoms with van der Waals surface area (Å²) in [6.45, 7) is 0.289. The van der Waals surface area contributed by atoms with Gasteiger partial charge in [-0.05, 0) is 30.2 Å². The van der Waals surface area contributed by atoms with E-state index in [0.29, 0.717) is 17.0 Å². The van der Waals surface area contributed by atoms with Gasteiger partial charge in [0.25, 0.3) is 0 Å². The van der Waals surface area contributed by atoms with Crippen molar-refractivity contribution in [2.24, 2.45) is 0 Å². The predicted molar refractivity (Wildman–Crippen MR) is 69.4 cm³/mol. The van der Waals surface area contributed by atoms with E-state index in [1.54, 1.807) is 0 Å². The van der Waals surface area contributed by atoms with E-state index in [0.717, 1.165) is 0 Å². The molecule has 0 heterocycles. The maximum absolute atomic E-state index is 13.4. The van der Waals surface area contributed by atoms with Crippen molar-refractivity contribution in [3.63, 3.8) is 0 Å². The maximum atomic E-state index is 13.4. The van der Waals surface area contributed by atoms with Gasteiger partial charge in [0.15, 0.2) is 0 Å². The minimum atomic E-state index is -0.434. The minimum Gasteiger partial charge on any atom is -0.469 e. The Morgan fingerprint density at radius 1 is 1.37 bits per heavy atom. The molecule has 0 radical (unpaired) electrons. The third-order valence-corrected chi connectivity index (χ3v) is 2.74. The summed E-state index contributed by atoms with van der Waals surface area (Å²) in [5, 5.41) is 3.05. The third-order valence-electron chi connectivity index (χ3n) is 2.51. The smallest absolute Gasteiger partial charge is 0.306 e. The van der Waals surface area contributed by atoms with Crippen LogP contribution in [-0.4, -0.2) is 25.5 Å². The predicted octanol–water partition coefficient (Wildman–Crippen LogP) is 2.09. The lowest BCUT2D eigenvalue weighted by Gasteiger charge is -2.06. The van der Waals surface area contributed by atoms with E-state index in [2.05, 4.69) is 10.1 Å². The van der Waals surface area contributed by atoms with Crippen molar-refractivity contribution in [1.82, 2.24) is 5.32 Å². The van der Waals surface area contributed by atoms with E-state index in [1.807, 2.05) is 0 Å². The van der Waals surface area contributed by atoms with Gasteiger partial charge in [-0.2, -0.15) is 0 Å². The Balaban J connectivity index is 2.32. The van der Waals surface area contributed by atoms with Gasteiger partial charge in [0, 0.05) is 18.0 Å². The van der Waals surface area contributed by atoms with E-state index in [4.69, 9.17) is 11.6 Å². The zero-order valence-electron chi connectivity index (χ0n) is 10.5. The standard InChI is InChI=1S/C13H15ClFNO3/c1-19-13(18)5-4-12(17)16-7-6-9-8-10(14)2-3-11(9)15/h2-3,8H,4-7H2,1H3,(H,16,17). The molecule has 0 aromatic heterocycles. The molecule has 1 aromatic carbocycles. The fraction of sp³-hybridized carbons (Fsp3) is 0.385. The summed E-state index contributed by atoms with van der Waals surface area (Å²) in [6.07, 6.45) is 0.439. The summed E-state index contributed by atoms with van der Waals surface area (Å²) in [5.41, 5.74) is 0.445. The van der Waals surface area contributed by atoms with Gasteiger partial charge >= 0.3 is 5.97 Å². The van der Waals surface area contributed by atoms with Crippen LogP contribution in [0.1, 0.15) is 18.4 Å². The number of carbonyl (C=O) groups excluding carboxylic acids is 2. The molecule has 0 aliphatic heterocycles. The molecule has 0 aliphatic rings. The fourth-order valence-electron chi connectivity index (χ4n) is 1.48. The second-order valence-electron chi connectivity index (χ2n) is 3.91. The minimum absolute atomic E-state index is 0.0356. The number of ether oxygens (including phenoxy) is 1. The highest BCUT2D eigenvalue weighted by molar-refractivity contribution is 6.30. The fourth-order valence-corrected chi connectivity index (χ4v) is 1.67. The molecule has 1 aromatic rings. The van der Waals surface area contributed by atoms with Crippen LogP contribution in [0, 0.1) is 5.82 Å². The zero-order valence-corrected chi connectivity index (χ0v) is 11.3.